The highest BCUT2D eigenvalue weighted by Gasteiger charge is 2.38. The topological polar surface area (TPSA) is 93.5 Å². The molecule has 0 aliphatic carbocycles. The number of imidazole rings is 1. The highest BCUT2D eigenvalue weighted by Crippen LogP contribution is 2.29. The number of aromatic nitrogens is 4. The van der Waals surface area contributed by atoms with Gasteiger partial charge in [0, 0.05) is 46.1 Å². The van der Waals surface area contributed by atoms with Gasteiger partial charge in [-0.05, 0) is 6.92 Å². The van der Waals surface area contributed by atoms with Crippen LogP contribution in [0.1, 0.15) is 24.2 Å². The van der Waals surface area contributed by atoms with Gasteiger partial charge in [-0.3, -0.25) is 14.5 Å². The van der Waals surface area contributed by atoms with Gasteiger partial charge in [-0.25, -0.2) is 4.98 Å². The molecule has 1 saturated heterocycles. The van der Waals surface area contributed by atoms with Crippen LogP contribution in [0.2, 0.25) is 0 Å². The van der Waals surface area contributed by atoms with E-state index < -0.39 is 0 Å². The summed E-state index contributed by atoms with van der Waals surface area (Å²) in [5, 5.41) is 9.26. The fourth-order valence-electron chi connectivity index (χ4n) is 2.97. The maximum atomic E-state index is 12.8. The molecular weight excluding hydrogens is 356 g/mol. The maximum absolute atomic E-state index is 12.8. The molecule has 2 amide bonds. The van der Waals surface area contributed by atoms with Crippen molar-refractivity contribution in [2.75, 3.05) is 25.6 Å². The Balaban J connectivity index is 1.64. The van der Waals surface area contributed by atoms with Crippen LogP contribution in [0.15, 0.2) is 12.4 Å². The molecule has 26 heavy (non-hydrogen) atoms. The van der Waals surface area contributed by atoms with Gasteiger partial charge in [0.05, 0.1) is 12.5 Å². The summed E-state index contributed by atoms with van der Waals surface area (Å²) in [6.07, 6.45) is 3.80. The standard InChI is InChI=1S/C16H22N6O3S/c1-4-21-6-5-17-12(21)9-20(2)15(24)11-7-14(23)22(8-11)16-19-18-13(26-16)10-25-3/h5-6,11H,4,7-10H2,1-3H3. The van der Waals surface area contributed by atoms with E-state index in [1.54, 1.807) is 30.2 Å². The van der Waals surface area contributed by atoms with Gasteiger partial charge in [0.1, 0.15) is 17.4 Å². The molecule has 2 aromatic heterocycles. The second-order valence-corrected chi connectivity index (χ2v) is 7.18. The number of hydrogen-bond donors (Lipinski definition) is 0. The van der Waals surface area contributed by atoms with E-state index in [1.807, 2.05) is 17.7 Å². The molecule has 10 heteroatoms. The van der Waals surface area contributed by atoms with Gasteiger partial charge in [0.2, 0.25) is 16.9 Å². The third kappa shape index (κ3) is 3.75. The molecule has 0 spiro atoms. The zero-order valence-corrected chi connectivity index (χ0v) is 15.9. The van der Waals surface area contributed by atoms with Crippen LogP contribution in [0.5, 0.6) is 0 Å². The van der Waals surface area contributed by atoms with Crippen LogP contribution in [0, 0.1) is 5.92 Å². The van der Waals surface area contributed by atoms with Crippen LogP contribution >= 0.6 is 11.3 Å². The predicted molar refractivity (Wildman–Crippen MR) is 95.5 cm³/mol. The average molecular weight is 378 g/mol. The first-order chi connectivity index (χ1) is 12.5. The van der Waals surface area contributed by atoms with E-state index in [2.05, 4.69) is 15.2 Å². The van der Waals surface area contributed by atoms with Crippen molar-refractivity contribution >= 4 is 28.3 Å². The van der Waals surface area contributed by atoms with Crippen molar-refractivity contribution in [1.29, 1.82) is 0 Å². The van der Waals surface area contributed by atoms with Gasteiger partial charge in [-0.1, -0.05) is 11.3 Å². The van der Waals surface area contributed by atoms with E-state index in [0.717, 1.165) is 12.4 Å². The molecule has 3 rings (SSSR count). The fraction of sp³-hybridized carbons (Fsp3) is 0.562. The number of carbonyl (C=O) groups is 2. The summed E-state index contributed by atoms with van der Waals surface area (Å²) in [6.45, 7) is 3.93. The molecule has 0 bridgehead atoms. The number of ether oxygens (including phenoxy) is 1. The van der Waals surface area contributed by atoms with E-state index in [0.29, 0.717) is 29.8 Å². The normalized spacial score (nSPS) is 17.1. The Morgan fingerprint density at radius 1 is 1.46 bits per heavy atom. The third-order valence-corrected chi connectivity index (χ3v) is 5.25. The zero-order valence-electron chi connectivity index (χ0n) is 15.1. The number of carbonyl (C=O) groups excluding carboxylic acids is 2. The minimum atomic E-state index is -0.382. The Bertz CT molecular complexity index is 789. The van der Waals surface area contributed by atoms with Crippen molar-refractivity contribution in [2.24, 2.45) is 5.92 Å². The number of nitrogens with zero attached hydrogens (tertiary/aromatic N) is 6. The fourth-order valence-corrected chi connectivity index (χ4v) is 3.81. The van der Waals surface area contributed by atoms with Gasteiger partial charge in [0.25, 0.3) is 0 Å². The van der Waals surface area contributed by atoms with Crippen LogP contribution < -0.4 is 4.90 Å². The molecule has 0 saturated carbocycles. The molecular formula is C16H22N6O3S. The molecule has 1 aliphatic rings. The minimum absolute atomic E-state index is 0.0619. The summed E-state index contributed by atoms with van der Waals surface area (Å²) >= 11 is 1.31. The van der Waals surface area contributed by atoms with Crippen molar-refractivity contribution in [2.45, 2.75) is 33.0 Å². The Morgan fingerprint density at radius 3 is 3.00 bits per heavy atom. The molecule has 1 unspecified atom stereocenters. The molecule has 1 atom stereocenters. The lowest BCUT2D eigenvalue weighted by atomic mass is 10.1. The van der Waals surface area contributed by atoms with Gasteiger partial charge in [-0.2, -0.15) is 0 Å². The van der Waals surface area contributed by atoms with Crippen LogP contribution in [0.3, 0.4) is 0 Å². The number of anilines is 1. The Morgan fingerprint density at radius 2 is 2.27 bits per heavy atom. The van der Waals surface area contributed by atoms with Crippen molar-refractivity contribution in [3.8, 4) is 0 Å². The van der Waals surface area contributed by atoms with Crippen LogP contribution in [0.25, 0.3) is 0 Å². The van der Waals surface area contributed by atoms with E-state index >= 15 is 0 Å². The lowest BCUT2D eigenvalue weighted by molar-refractivity contribution is -0.135. The number of amides is 2. The Hall–Kier alpha value is -2.33. The van der Waals surface area contributed by atoms with E-state index in [1.165, 1.54) is 11.3 Å². The molecule has 0 radical (unpaired) electrons. The molecule has 9 nitrogen and oxygen atoms in total. The van der Waals surface area contributed by atoms with Crippen molar-refractivity contribution in [3.05, 3.63) is 23.2 Å². The van der Waals surface area contributed by atoms with Crippen LogP contribution in [-0.4, -0.2) is 57.2 Å². The van der Waals surface area contributed by atoms with Crippen LogP contribution in [-0.2, 0) is 34.0 Å². The highest BCUT2D eigenvalue weighted by atomic mass is 32.1. The minimum Gasteiger partial charge on any atom is -0.377 e. The van der Waals surface area contributed by atoms with Gasteiger partial charge >= 0.3 is 0 Å². The first-order valence-electron chi connectivity index (χ1n) is 8.40. The first-order valence-corrected chi connectivity index (χ1v) is 9.21. The van der Waals surface area contributed by atoms with Crippen molar-refractivity contribution in [3.63, 3.8) is 0 Å². The monoisotopic (exact) mass is 378 g/mol. The summed E-state index contributed by atoms with van der Waals surface area (Å²) in [5.74, 6) is 0.283. The molecule has 1 aliphatic heterocycles. The smallest absolute Gasteiger partial charge is 0.229 e. The van der Waals surface area contributed by atoms with Crippen molar-refractivity contribution in [1.82, 2.24) is 24.6 Å². The summed E-state index contributed by atoms with van der Waals surface area (Å²) in [5.41, 5.74) is 0. The second-order valence-electron chi connectivity index (χ2n) is 6.14. The van der Waals surface area contributed by atoms with Crippen LogP contribution in [0.4, 0.5) is 5.13 Å². The van der Waals surface area contributed by atoms with Gasteiger partial charge < -0.3 is 14.2 Å². The Labute approximate surface area is 155 Å². The zero-order chi connectivity index (χ0) is 18.7. The predicted octanol–water partition coefficient (Wildman–Crippen LogP) is 0.912. The Kier molecular flexibility index (Phi) is 5.62. The van der Waals surface area contributed by atoms with E-state index in [4.69, 9.17) is 4.74 Å². The number of aryl methyl sites for hydroxylation is 1. The first kappa shape index (κ1) is 18.5. The summed E-state index contributed by atoms with van der Waals surface area (Å²) in [7, 11) is 3.32. The quantitative estimate of drug-likeness (QED) is 0.711. The summed E-state index contributed by atoms with van der Waals surface area (Å²) < 4.78 is 7.02. The number of methoxy groups -OCH3 is 1. The molecule has 0 aromatic carbocycles. The third-order valence-electron chi connectivity index (χ3n) is 4.33. The molecule has 3 heterocycles. The lowest BCUT2D eigenvalue weighted by Crippen LogP contribution is -2.35. The molecule has 0 N–H and O–H groups in total. The van der Waals surface area contributed by atoms with Crippen molar-refractivity contribution < 1.29 is 14.3 Å². The number of hydrogen-bond acceptors (Lipinski definition) is 7. The number of rotatable bonds is 7. The summed E-state index contributed by atoms with van der Waals surface area (Å²) in [4.78, 5) is 32.6. The lowest BCUT2D eigenvalue weighted by Gasteiger charge is -2.21. The largest absolute Gasteiger partial charge is 0.377 e. The van der Waals surface area contributed by atoms with Gasteiger partial charge in [-0.15, -0.1) is 10.2 Å². The highest BCUT2D eigenvalue weighted by molar-refractivity contribution is 7.15. The average Bonchev–Trinajstić information content (AvgIpc) is 3.34. The SMILES string of the molecule is CCn1ccnc1CN(C)C(=O)C1CC(=O)N(c2nnc(COC)s2)C1. The summed E-state index contributed by atoms with van der Waals surface area (Å²) in [6, 6.07) is 0. The van der Waals surface area contributed by atoms with E-state index in [-0.39, 0.29) is 24.2 Å². The maximum Gasteiger partial charge on any atom is 0.229 e. The van der Waals surface area contributed by atoms with E-state index in [9.17, 15) is 9.59 Å². The molecule has 1 fully saturated rings. The van der Waals surface area contributed by atoms with Gasteiger partial charge in [0.15, 0.2) is 0 Å². The molecule has 140 valence electrons. The molecule has 2 aromatic rings. The second kappa shape index (κ2) is 7.92.